The first-order valence-corrected chi connectivity index (χ1v) is 5.76. The topological polar surface area (TPSA) is 56.8 Å². The monoisotopic (exact) mass is 229 g/mol. The first-order chi connectivity index (χ1) is 7.71. The SMILES string of the molecule is CC1(C(=O)NCC2CCCO2)COCOC1. The molecular weight excluding hydrogens is 210 g/mol. The number of rotatable bonds is 3. The Hall–Kier alpha value is -0.650. The molecule has 2 saturated heterocycles. The molecule has 0 aliphatic carbocycles. The van der Waals surface area contributed by atoms with Gasteiger partial charge in [-0.3, -0.25) is 4.79 Å². The van der Waals surface area contributed by atoms with E-state index in [1.165, 1.54) is 0 Å². The summed E-state index contributed by atoms with van der Waals surface area (Å²) in [7, 11) is 0. The van der Waals surface area contributed by atoms with Crippen LogP contribution in [-0.2, 0) is 19.0 Å². The molecule has 2 aliphatic rings. The Bertz CT molecular complexity index is 244. The summed E-state index contributed by atoms with van der Waals surface area (Å²) in [5, 5.41) is 2.91. The van der Waals surface area contributed by atoms with E-state index in [0.29, 0.717) is 19.8 Å². The molecule has 2 fully saturated rings. The average Bonchev–Trinajstić information content (AvgIpc) is 2.79. The lowest BCUT2D eigenvalue weighted by Crippen LogP contribution is -2.49. The van der Waals surface area contributed by atoms with E-state index in [4.69, 9.17) is 14.2 Å². The second kappa shape index (κ2) is 5.12. The van der Waals surface area contributed by atoms with Crippen LogP contribution in [0.25, 0.3) is 0 Å². The summed E-state index contributed by atoms with van der Waals surface area (Å²) < 4.78 is 15.8. The summed E-state index contributed by atoms with van der Waals surface area (Å²) >= 11 is 0. The standard InChI is InChI=1S/C11H19NO4/c1-11(6-14-8-15-7-11)10(13)12-5-9-3-2-4-16-9/h9H,2-8H2,1H3,(H,12,13). The van der Waals surface area contributed by atoms with E-state index in [2.05, 4.69) is 5.32 Å². The summed E-state index contributed by atoms with van der Waals surface area (Å²) in [6, 6.07) is 0. The molecule has 5 nitrogen and oxygen atoms in total. The van der Waals surface area contributed by atoms with E-state index in [-0.39, 0.29) is 18.8 Å². The predicted octanol–water partition coefficient (Wildman–Crippen LogP) is 0.292. The Morgan fingerprint density at radius 1 is 1.44 bits per heavy atom. The average molecular weight is 229 g/mol. The zero-order valence-corrected chi connectivity index (χ0v) is 9.66. The number of carbonyl (C=O) groups is 1. The summed E-state index contributed by atoms with van der Waals surface area (Å²) in [6.45, 7) is 4.39. The minimum absolute atomic E-state index is 0.0114. The lowest BCUT2D eigenvalue weighted by molar-refractivity contribution is -0.174. The molecule has 1 N–H and O–H groups in total. The fourth-order valence-corrected chi connectivity index (χ4v) is 1.99. The number of nitrogens with one attached hydrogen (secondary N) is 1. The third-order valence-corrected chi connectivity index (χ3v) is 3.07. The second-order valence-electron chi connectivity index (χ2n) is 4.72. The van der Waals surface area contributed by atoms with Crippen molar-refractivity contribution in [1.29, 1.82) is 0 Å². The van der Waals surface area contributed by atoms with Gasteiger partial charge in [-0.1, -0.05) is 0 Å². The molecule has 1 atom stereocenters. The Kier molecular flexibility index (Phi) is 3.78. The van der Waals surface area contributed by atoms with E-state index in [0.717, 1.165) is 19.4 Å². The molecule has 1 amide bonds. The smallest absolute Gasteiger partial charge is 0.230 e. The van der Waals surface area contributed by atoms with Crippen LogP contribution in [0.1, 0.15) is 19.8 Å². The molecule has 2 heterocycles. The molecular formula is C11H19NO4. The van der Waals surface area contributed by atoms with Gasteiger partial charge in [0.1, 0.15) is 6.79 Å². The third kappa shape index (κ3) is 2.72. The quantitative estimate of drug-likeness (QED) is 0.756. The summed E-state index contributed by atoms with van der Waals surface area (Å²) in [5.41, 5.74) is -0.559. The molecule has 0 aromatic rings. The third-order valence-electron chi connectivity index (χ3n) is 3.07. The molecule has 16 heavy (non-hydrogen) atoms. The summed E-state index contributed by atoms with van der Waals surface area (Å²) in [5.74, 6) is -0.0114. The minimum atomic E-state index is -0.559. The maximum absolute atomic E-state index is 11.9. The maximum Gasteiger partial charge on any atom is 0.230 e. The Morgan fingerprint density at radius 3 is 2.81 bits per heavy atom. The zero-order chi connectivity index (χ0) is 11.4. The van der Waals surface area contributed by atoms with Crippen molar-refractivity contribution in [2.24, 2.45) is 5.41 Å². The number of amides is 1. The van der Waals surface area contributed by atoms with E-state index >= 15 is 0 Å². The van der Waals surface area contributed by atoms with E-state index in [9.17, 15) is 4.79 Å². The number of hydrogen-bond acceptors (Lipinski definition) is 4. The molecule has 0 aromatic heterocycles. The maximum atomic E-state index is 11.9. The van der Waals surface area contributed by atoms with Gasteiger partial charge in [-0.15, -0.1) is 0 Å². The molecule has 0 aromatic carbocycles. The summed E-state index contributed by atoms with van der Waals surface area (Å²) in [4.78, 5) is 11.9. The summed E-state index contributed by atoms with van der Waals surface area (Å²) in [6.07, 6.45) is 2.30. The van der Waals surface area contributed by atoms with Crippen molar-refractivity contribution >= 4 is 5.91 Å². The van der Waals surface area contributed by atoms with E-state index in [1.54, 1.807) is 0 Å². The molecule has 0 bridgehead atoms. The number of hydrogen-bond donors (Lipinski definition) is 1. The number of ether oxygens (including phenoxy) is 3. The lowest BCUT2D eigenvalue weighted by Gasteiger charge is -2.31. The molecule has 1 unspecified atom stereocenters. The molecule has 2 rings (SSSR count). The van der Waals surface area contributed by atoms with Gasteiger partial charge >= 0.3 is 0 Å². The normalized spacial score (nSPS) is 28.9. The molecule has 2 aliphatic heterocycles. The van der Waals surface area contributed by atoms with Gasteiger partial charge in [0, 0.05) is 13.2 Å². The highest BCUT2D eigenvalue weighted by atomic mass is 16.7. The molecule has 0 radical (unpaired) electrons. The van der Waals surface area contributed by atoms with Gasteiger partial charge in [-0.05, 0) is 19.8 Å². The van der Waals surface area contributed by atoms with Crippen LogP contribution in [-0.4, -0.2) is 45.2 Å². The van der Waals surface area contributed by atoms with Crippen molar-refractivity contribution in [3.05, 3.63) is 0 Å². The van der Waals surface area contributed by atoms with Gasteiger partial charge in [0.15, 0.2) is 0 Å². The van der Waals surface area contributed by atoms with Crippen molar-refractivity contribution in [2.75, 3.05) is 33.2 Å². The zero-order valence-electron chi connectivity index (χ0n) is 9.66. The van der Waals surface area contributed by atoms with Gasteiger partial charge in [-0.2, -0.15) is 0 Å². The van der Waals surface area contributed by atoms with Gasteiger partial charge in [0.05, 0.1) is 24.7 Å². The predicted molar refractivity (Wildman–Crippen MR) is 56.9 cm³/mol. The fourth-order valence-electron chi connectivity index (χ4n) is 1.99. The Morgan fingerprint density at radius 2 is 2.19 bits per heavy atom. The minimum Gasteiger partial charge on any atom is -0.376 e. The van der Waals surface area contributed by atoms with Crippen LogP contribution < -0.4 is 5.32 Å². The van der Waals surface area contributed by atoms with Gasteiger partial charge in [0.25, 0.3) is 0 Å². The fraction of sp³-hybridized carbons (Fsp3) is 0.909. The first-order valence-electron chi connectivity index (χ1n) is 5.76. The highest BCUT2D eigenvalue weighted by molar-refractivity contribution is 5.82. The van der Waals surface area contributed by atoms with Crippen LogP contribution in [0.5, 0.6) is 0 Å². The highest BCUT2D eigenvalue weighted by Gasteiger charge is 2.36. The van der Waals surface area contributed by atoms with Crippen LogP contribution in [0, 0.1) is 5.41 Å². The Labute approximate surface area is 95.4 Å². The Balaban J connectivity index is 1.77. The van der Waals surface area contributed by atoms with E-state index in [1.807, 2.05) is 6.92 Å². The lowest BCUT2D eigenvalue weighted by atomic mass is 9.91. The molecule has 0 spiro atoms. The van der Waals surface area contributed by atoms with Crippen molar-refractivity contribution in [3.8, 4) is 0 Å². The van der Waals surface area contributed by atoms with Crippen LogP contribution in [0.3, 0.4) is 0 Å². The van der Waals surface area contributed by atoms with E-state index < -0.39 is 5.41 Å². The largest absolute Gasteiger partial charge is 0.376 e. The van der Waals surface area contributed by atoms with Crippen LogP contribution >= 0.6 is 0 Å². The molecule has 0 saturated carbocycles. The van der Waals surface area contributed by atoms with Crippen molar-refractivity contribution in [2.45, 2.75) is 25.9 Å². The van der Waals surface area contributed by atoms with Crippen LogP contribution in [0.15, 0.2) is 0 Å². The second-order valence-corrected chi connectivity index (χ2v) is 4.72. The van der Waals surface area contributed by atoms with Gasteiger partial charge in [0.2, 0.25) is 5.91 Å². The van der Waals surface area contributed by atoms with Gasteiger partial charge < -0.3 is 19.5 Å². The van der Waals surface area contributed by atoms with Crippen molar-refractivity contribution in [1.82, 2.24) is 5.32 Å². The van der Waals surface area contributed by atoms with Crippen molar-refractivity contribution < 1.29 is 19.0 Å². The van der Waals surface area contributed by atoms with Crippen molar-refractivity contribution in [3.63, 3.8) is 0 Å². The molecule has 5 heteroatoms. The number of carbonyl (C=O) groups excluding carboxylic acids is 1. The molecule has 92 valence electrons. The van der Waals surface area contributed by atoms with Crippen LogP contribution in [0.2, 0.25) is 0 Å². The highest BCUT2D eigenvalue weighted by Crippen LogP contribution is 2.21. The van der Waals surface area contributed by atoms with Crippen LogP contribution in [0.4, 0.5) is 0 Å². The van der Waals surface area contributed by atoms with Gasteiger partial charge in [-0.25, -0.2) is 0 Å². The first kappa shape index (κ1) is 11.8.